The van der Waals surface area contributed by atoms with Gasteiger partial charge in [-0.15, -0.1) is 0 Å². The smallest absolute Gasteiger partial charge is 0.225 e. The fourth-order valence-electron chi connectivity index (χ4n) is 5.84. The molecule has 4 aliphatic rings. The van der Waals surface area contributed by atoms with Gasteiger partial charge < -0.3 is 10.0 Å². The maximum atomic E-state index is 12.8. The van der Waals surface area contributed by atoms with Gasteiger partial charge in [0.05, 0.1) is 12.1 Å². The van der Waals surface area contributed by atoms with Crippen LogP contribution in [0.2, 0.25) is 0 Å². The van der Waals surface area contributed by atoms with Gasteiger partial charge in [0.25, 0.3) is 0 Å². The zero-order valence-electron chi connectivity index (χ0n) is 15.5. The van der Waals surface area contributed by atoms with Crippen molar-refractivity contribution in [2.45, 2.75) is 56.0 Å². The Morgan fingerprint density at radius 1 is 1.08 bits per heavy atom. The number of hydrogen-bond donors (Lipinski definition) is 1. The maximum absolute atomic E-state index is 12.8. The molecule has 0 bridgehead atoms. The molecule has 4 heteroatoms. The standard InChI is InChI=1S/C22H30N2O2/c25-13-19-20(17-6-2-1-3-7-17)22(24(19)12-16-10-11-16)14-23(15-22)21(26)18-8-4-5-9-18/h1-3,6-7,16,18-20,25H,4-5,8-15H2/t19-,20+/m0/s1. The van der Waals surface area contributed by atoms with Crippen molar-refractivity contribution in [3.05, 3.63) is 35.9 Å². The number of rotatable bonds is 5. The quantitative estimate of drug-likeness (QED) is 0.884. The molecule has 1 amide bonds. The molecule has 5 rings (SSSR count). The van der Waals surface area contributed by atoms with E-state index >= 15 is 0 Å². The summed E-state index contributed by atoms with van der Waals surface area (Å²) in [6.45, 7) is 3.01. The molecule has 1 aromatic rings. The second kappa shape index (κ2) is 6.35. The van der Waals surface area contributed by atoms with Crippen LogP contribution in [-0.4, -0.2) is 58.6 Å². The minimum atomic E-state index is 0.0611. The van der Waals surface area contributed by atoms with E-state index in [0.717, 1.165) is 38.4 Å². The lowest BCUT2D eigenvalue weighted by molar-refractivity contribution is -0.199. The number of aliphatic hydroxyl groups excluding tert-OH is 1. The third kappa shape index (κ3) is 2.53. The van der Waals surface area contributed by atoms with Crippen LogP contribution >= 0.6 is 0 Å². The van der Waals surface area contributed by atoms with Gasteiger partial charge in [-0.05, 0) is 37.2 Å². The minimum Gasteiger partial charge on any atom is -0.395 e. The fourth-order valence-corrected chi connectivity index (χ4v) is 5.84. The van der Waals surface area contributed by atoms with Crippen LogP contribution in [0.4, 0.5) is 0 Å². The monoisotopic (exact) mass is 354 g/mol. The SMILES string of the molecule is O=C(C1CCCC1)N1CC2(C1)[C@H](c1ccccc1)[C@H](CO)N2CC1CC1. The summed E-state index contributed by atoms with van der Waals surface area (Å²) in [6.07, 6.45) is 7.23. The number of aliphatic hydroxyl groups is 1. The van der Waals surface area contributed by atoms with Crippen molar-refractivity contribution in [3.8, 4) is 0 Å². The molecule has 2 aliphatic carbocycles. The number of hydrogen-bond acceptors (Lipinski definition) is 3. The van der Waals surface area contributed by atoms with Crippen molar-refractivity contribution < 1.29 is 9.90 Å². The van der Waals surface area contributed by atoms with Crippen LogP contribution in [-0.2, 0) is 4.79 Å². The normalized spacial score (nSPS) is 31.0. The molecule has 2 heterocycles. The molecule has 2 atom stereocenters. The van der Waals surface area contributed by atoms with Crippen molar-refractivity contribution in [2.24, 2.45) is 11.8 Å². The lowest BCUT2D eigenvalue weighted by Crippen LogP contribution is -2.85. The molecule has 0 aromatic heterocycles. The van der Waals surface area contributed by atoms with Crippen molar-refractivity contribution >= 4 is 5.91 Å². The summed E-state index contributed by atoms with van der Waals surface area (Å²) in [5, 5.41) is 10.1. The largest absolute Gasteiger partial charge is 0.395 e. The van der Waals surface area contributed by atoms with Gasteiger partial charge in [0.2, 0.25) is 5.91 Å². The molecule has 140 valence electrons. The third-order valence-electron chi connectivity index (χ3n) is 7.38. The topological polar surface area (TPSA) is 43.8 Å². The highest BCUT2D eigenvalue weighted by atomic mass is 16.3. The molecule has 2 saturated heterocycles. The van der Waals surface area contributed by atoms with Crippen LogP contribution < -0.4 is 0 Å². The van der Waals surface area contributed by atoms with E-state index in [0.29, 0.717) is 11.8 Å². The Bertz CT molecular complexity index is 660. The number of likely N-dealkylation sites (tertiary alicyclic amines) is 2. The van der Waals surface area contributed by atoms with Gasteiger partial charge in [-0.25, -0.2) is 0 Å². The van der Waals surface area contributed by atoms with Crippen molar-refractivity contribution in [1.82, 2.24) is 9.80 Å². The molecule has 4 fully saturated rings. The van der Waals surface area contributed by atoms with E-state index in [-0.39, 0.29) is 24.1 Å². The second-order valence-electron chi connectivity index (χ2n) is 9.01. The number of amides is 1. The Morgan fingerprint density at radius 2 is 1.77 bits per heavy atom. The molecular formula is C22H30N2O2. The van der Waals surface area contributed by atoms with Gasteiger partial charge in [-0.2, -0.15) is 0 Å². The van der Waals surface area contributed by atoms with E-state index < -0.39 is 0 Å². The Hall–Kier alpha value is -1.39. The van der Waals surface area contributed by atoms with Crippen molar-refractivity contribution in [2.75, 3.05) is 26.2 Å². The van der Waals surface area contributed by atoms with Gasteiger partial charge in [0, 0.05) is 37.5 Å². The van der Waals surface area contributed by atoms with Crippen molar-refractivity contribution in [1.29, 1.82) is 0 Å². The predicted molar refractivity (Wildman–Crippen MR) is 101 cm³/mol. The molecule has 0 radical (unpaired) electrons. The molecule has 1 aromatic carbocycles. The summed E-state index contributed by atoms with van der Waals surface area (Å²) in [5.74, 6) is 1.81. The van der Waals surface area contributed by atoms with Crippen LogP contribution in [0.15, 0.2) is 30.3 Å². The van der Waals surface area contributed by atoms with Crippen LogP contribution in [0.5, 0.6) is 0 Å². The summed E-state index contributed by atoms with van der Waals surface area (Å²) in [6, 6.07) is 10.9. The van der Waals surface area contributed by atoms with E-state index in [4.69, 9.17) is 0 Å². The molecule has 1 spiro atoms. The summed E-state index contributed by atoms with van der Waals surface area (Å²) in [7, 11) is 0. The number of nitrogens with zero attached hydrogens (tertiary/aromatic N) is 2. The highest BCUT2D eigenvalue weighted by Crippen LogP contribution is 2.55. The zero-order chi connectivity index (χ0) is 17.7. The first-order valence-corrected chi connectivity index (χ1v) is 10.4. The highest BCUT2D eigenvalue weighted by molar-refractivity contribution is 5.80. The lowest BCUT2D eigenvalue weighted by Gasteiger charge is -2.71. The Morgan fingerprint density at radius 3 is 2.38 bits per heavy atom. The number of carbonyl (C=O) groups excluding carboxylic acids is 1. The lowest BCUT2D eigenvalue weighted by atomic mass is 9.60. The fraction of sp³-hybridized carbons (Fsp3) is 0.682. The van der Waals surface area contributed by atoms with E-state index in [1.165, 1.54) is 31.2 Å². The molecule has 2 saturated carbocycles. The third-order valence-corrected chi connectivity index (χ3v) is 7.38. The average molecular weight is 354 g/mol. The van der Waals surface area contributed by atoms with Gasteiger partial charge in [0.15, 0.2) is 0 Å². The molecule has 2 aliphatic heterocycles. The van der Waals surface area contributed by atoms with E-state index in [9.17, 15) is 9.90 Å². The Labute approximate surface area is 156 Å². The van der Waals surface area contributed by atoms with Gasteiger partial charge in [0.1, 0.15) is 0 Å². The molecular weight excluding hydrogens is 324 g/mol. The Balaban J connectivity index is 1.37. The number of benzene rings is 1. The number of carbonyl (C=O) groups is 1. The highest BCUT2D eigenvalue weighted by Gasteiger charge is 2.66. The summed E-state index contributed by atoms with van der Waals surface area (Å²) >= 11 is 0. The van der Waals surface area contributed by atoms with E-state index in [1.54, 1.807) is 0 Å². The molecule has 4 nitrogen and oxygen atoms in total. The molecule has 26 heavy (non-hydrogen) atoms. The first kappa shape index (κ1) is 16.8. The maximum Gasteiger partial charge on any atom is 0.225 e. The van der Waals surface area contributed by atoms with E-state index in [2.05, 4.69) is 40.1 Å². The zero-order valence-corrected chi connectivity index (χ0v) is 15.5. The summed E-state index contributed by atoms with van der Waals surface area (Å²) in [4.78, 5) is 17.5. The molecule has 0 unspecified atom stereocenters. The van der Waals surface area contributed by atoms with Crippen LogP contribution in [0.25, 0.3) is 0 Å². The first-order valence-electron chi connectivity index (χ1n) is 10.4. The van der Waals surface area contributed by atoms with Crippen LogP contribution in [0.1, 0.15) is 50.0 Å². The van der Waals surface area contributed by atoms with Crippen LogP contribution in [0.3, 0.4) is 0 Å². The summed E-state index contributed by atoms with van der Waals surface area (Å²) < 4.78 is 0. The average Bonchev–Trinajstić information content (AvgIpc) is 3.28. The summed E-state index contributed by atoms with van der Waals surface area (Å²) in [5.41, 5.74) is 1.39. The van der Waals surface area contributed by atoms with E-state index in [1.807, 2.05) is 0 Å². The van der Waals surface area contributed by atoms with Crippen molar-refractivity contribution in [3.63, 3.8) is 0 Å². The van der Waals surface area contributed by atoms with Gasteiger partial charge >= 0.3 is 0 Å². The first-order chi connectivity index (χ1) is 12.7. The minimum absolute atomic E-state index is 0.0611. The van der Waals surface area contributed by atoms with Gasteiger partial charge in [-0.1, -0.05) is 43.2 Å². The van der Waals surface area contributed by atoms with Crippen LogP contribution in [0, 0.1) is 11.8 Å². The Kier molecular flexibility index (Phi) is 4.09. The molecule has 1 N–H and O–H groups in total. The van der Waals surface area contributed by atoms with Gasteiger partial charge in [-0.3, -0.25) is 9.69 Å². The predicted octanol–water partition coefficient (Wildman–Crippen LogP) is 2.63. The second-order valence-corrected chi connectivity index (χ2v) is 9.01.